The van der Waals surface area contributed by atoms with Crippen LogP contribution in [-0.2, 0) is 11.2 Å². The Labute approximate surface area is 260 Å². The third-order valence-corrected chi connectivity index (χ3v) is 9.07. The zero-order valence-corrected chi connectivity index (χ0v) is 27.2. The summed E-state index contributed by atoms with van der Waals surface area (Å²) in [7, 11) is 0. The molecule has 5 heteroatoms. The number of fused-ring (bicyclic) bond motifs is 4. The number of unbranched alkanes of at least 4 members (excludes halogenated alkanes) is 14. The Morgan fingerprint density at radius 2 is 1.40 bits per heavy atom. The van der Waals surface area contributed by atoms with E-state index in [1.807, 2.05) is 6.08 Å². The van der Waals surface area contributed by atoms with Crippen molar-refractivity contribution in [3.63, 3.8) is 0 Å². The number of hydrogen-bond donors (Lipinski definition) is 1. The highest BCUT2D eigenvalue weighted by atomic mass is 16.6. The smallest absolute Gasteiger partial charge is 0.225 e. The predicted molar refractivity (Wildman–Crippen MR) is 181 cm³/mol. The highest BCUT2D eigenvalue weighted by Crippen LogP contribution is 2.29. The molecule has 0 unspecified atom stereocenters. The van der Waals surface area contributed by atoms with Gasteiger partial charge in [-0.15, -0.1) is 0 Å². The summed E-state index contributed by atoms with van der Waals surface area (Å²) in [4.78, 5) is 21.0. The minimum absolute atomic E-state index is 0.0146. The van der Waals surface area contributed by atoms with E-state index in [1.165, 1.54) is 111 Å². The molecule has 1 N–H and O–H groups in total. The minimum Gasteiger partial charge on any atom is -0.371 e. The topological polar surface area (TPSA) is 53.9 Å². The van der Waals surface area contributed by atoms with Crippen LogP contribution >= 0.6 is 0 Å². The van der Waals surface area contributed by atoms with Gasteiger partial charge in [-0.05, 0) is 31.9 Å². The van der Waals surface area contributed by atoms with Gasteiger partial charge in [-0.25, -0.2) is 0 Å². The van der Waals surface area contributed by atoms with Gasteiger partial charge in [0.25, 0.3) is 0 Å². The van der Waals surface area contributed by atoms with Gasteiger partial charge in [0.05, 0.1) is 5.70 Å². The van der Waals surface area contributed by atoms with E-state index in [0.29, 0.717) is 12.3 Å². The molecule has 0 saturated heterocycles. The molecule has 1 aliphatic heterocycles. The second kappa shape index (κ2) is 17.9. The lowest BCUT2D eigenvalue weighted by atomic mass is 9.88. The molecule has 0 radical (unpaired) electrons. The van der Waals surface area contributed by atoms with Crippen molar-refractivity contribution >= 4 is 23.5 Å². The summed E-state index contributed by atoms with van der Waals surface area (Å²) in [6.45, 7) is 8.57. The van der Waals surface area contributed by atoms with Crippen molar-refractivity contribution in [3.05, 3.63) is 63.5 Å². The van der Waals surface area contributed by atoms with Crippen LogP contribution in [0, 0.1) is 0 Å². The van der Waals surface area contributed by atoms with Gasteiger partial charge in [0.2, 0.25) is 5.91 Å². The van der Waals surface area contributed by atoms with Crippen LogP contribution in [0.4, 0.5) is 0 Å². The van der Waals surface area contributed by atoms with Crippen molar-refractivity contribution in [1.29, 1.82) is 0 Å². The third-order valence-electron chi connectivity index (χ3n) is 9.07. The number of rotatable bonds is 19. The molecule has 1 aliphatic carbocycles. The second-order valence-electron chi connectivity index (χ2n) is 12.3. The van der Waals surface area contributed by atoms with E-state index in [1.54, 1.807) is 0 Å². The number of carbonyl (C=O) groups excluding carboxylic acids is 1. The number of benzene rings is 2. The maximum Gasteiger partial charge on any atom is 0.225 e. The lowest BCUT2D eigenvalue weighted by molar-refractivity contribution is -0.119. The van der Waals surface area contributed by atoms with E-state index in [0.717, 1.165) is 43.3 Å². The fourth-order valence-electron chi connectivity index (χ4n) is 6.58. The van der Waals surface area contributed by atoms with Crippen LogP contribution in [0.15, 0.2) is 41.6 Å². The number of oxime groups is 1. The van der Waals surface area contributed by atoms with Crippen molar-refractivity contribution in [2.75, 3.05) is 13.1 Å². The molecule has 43 heavy (non-hydrogen) atoms. The molecular weight excluding hydrogens is 530 g/mol. The Morgan fingerprint density at radius 1 is 0.791 bits per heavy atom. The van der Waals surface area contributed by atoms with Crippen LogP contribution in [0.2, 0.25) is 0 Å². The molecule has 5 nitrogen and oxygen atoms in total. The molecule has 0 atom stereocenters. The van der Waals surface area contributed by atoms with Crippen molar-refractivity contribution in [1.82, 2.24) is 10.2 Å². The summed E-state index contributed by atoms with van der Waals surface area (Å²) in [5.74, 6) is 1.31. The van der Waals surface area contributed by atoms with Crippen molar-refractivity contribution in [2.24, 2.45) is 5.16 Å². The van der Waals surface area contributed by atoms with Crippen LogP contribution in [0.1, 0.15) is 140 Å². The summed E-state index contributed by atoms with van der Waals surface area (Å²) < 4.78 is 0. The number of amidine groups is 1. The maximum atomic E-state index is 12.6. The SMILES string of the molecule is CCCCCCCCCCCCCCCCCC(=O)NC1=NOc2c3c(ccc2=C1)=C(N(CC)CC)c1ccccc1C3. The Kier molecular flexibility index (Phi) is 13.7. The minimum atomic E-state index is 0.0146. The predicted octanol–water partition coefficient (Wildman–Crippen LogP) is 7.95. The van der Waals surface area contributed by atoms with Gasteiger partial charge in [-0.1, -0.05) is 138 Å². The van der Waals surface area contributed by atoms with Crippen LogP contribution in [-0.4, -0.2) is 29.7 Å². The molecular formula is C38H55N3O2. The quantitative estimate of drug-likeness (QED) is 0.170. The summed E-state index contributed by atoms with van der Waals surface area (Å²) in [5.41, 5.74) is 5.04. The van der Waals surface area contributed by atoms with Crippen molar-refractivity contribution in [2.45, 2.75) is 130 Å². The zero-order valence-electron chi connectivity index (χ0n) is 27.2. The summed E-state index contributed by atoms with van der Waals surface area (Å²) in [5, 5.41) is 9.46. The summed E-state index contributed by atoms with van der Waals surface area (Å²) in [6.07, 6.45) is 23.1. The second-order valence-corrected chi connectivity index (χ2v) is 12.3. The standard InChI is InChI=1S/C38H55N3O2/c1-4-7-8-9-10-11-12-13-14-15-16-17-18-19-20-25-36(42)39-35-29-31-26-27-33-34(38(31)43-40-35)28-30-23-21-22-24-32(30)37(33)41(5-2)6-3/h21-24,26-27,29H,4-20,25,28H2,1-3H3,(H,39,40,42). The average Bonchev–Trinajstić information content (AvgIpc) is 3.03. The summed E-state index contributed by atoms with van der Waals surface area (Å²) >= 11 is 0. The molecule has 2 aromatic rings. The third kappa shape index (κ3) is 9.45. The molecule has 1 amide bonds. The van der Waals surface area contributed by atoms with Crippen LogP contribution in [0.25, 0.3) is 11.8 Å². The lowest BCUT2D eigenvalue weighted by Gasteiger charge is -2.30. The normalized spacial score (nSPS) is 13.3. The number of nitrogens with zero attached hydrogens (tertiary/aromatic N) is 2. The van der Waals surface area contributed by atoms with E-state index < -0.39 is 0 Å². The molecule has 234 valence electrons. The van der Waals surface area contributed by atoms with Gasteiger partial charge in [0, 0.05) is 47.5 Å². The highest BCUT2D eigenvalue weighted by molar-refractivity contribution is 6.15. The highest BCUT2D eigenvalue weighted by Gasteiger charge is 2.24. The first-order chi connectivity index (χ1) is 21.2. The van der Waals surface area contributed by atoms with Gasteiger partial charge >= 0.3 is 0 Å². The lowest BCUT2D eigenvalue weighted by Crippen LogP contribution is -2.36. The summed E-state index contributed by atoms with van der Waals surface area (Å²) in [6, 6.07) is 13.0. The maximum absolute atomic E-state index is 12.6. The van der Waals surface area contributed by atoms with Crippen LogP contribution < -0.4 is 20.6 Å². The Hall–Kier alpha value is -3.08. The van der Waals surface area contributed by atoms with E-state index in [-0.39, 0.29) is 5.91 Å². The molecule has 0 saturated carbocycles. The molecule has 0 spiro atoms. The van der Waals surface area contributed by atoms with E-state index in [9.17, 15) is 4.79 Å². The van der Waals surface area contributed by atoms with Crippen molar-refractivity contribution < 1.29 is 9.63 Å². The number of carbonyl (C=O) groups is 1. The first kappa shape index (κ1) is 32.8. The van der Waals surface area contributed by atoms with E-state index in [2.05, 4.69) is 72.5 Å². The molecule has 4 rings (SSSR count). The fraction of sp³-hybridized carbons (Fsp3) is 0.579. The van der Waals surface area contributed by atoms with E-state index >= 15 is 0 Å². The van der Waals surface area contributed by atoms with Gasteiger partial charge in [0.15, 0.2) is 11.6 Å². The molecule has 2 aromatic carbocycles. The van der Waals surface area contributed by atoms with Gasteiger partial charge in [0.1, 0.15) is 0 Å². The van der Waals surface area contributed by atoms with Crippen LogP contribution in [0.5, 0.6) is 5.75 Å². The number of amides is 1. The number of hydrogen-bond acceptors (Lipinski definition) is 4. The first-order valence-corrected chi connectivity index (χ1v) is 17.4. The average molecular weight is 586 g/mol. The monoisotopic (exact) mass is 585 g/mol. The van der Waals surface area contributed by atoms with Crippen molar-refractivity contribution in [3.8, 4) is 5.75 Å². The largest absolute Gasteiger partial charge is 0.371 e. The Morgan fingerprint density at radius 3 is 2.02 bits per heavy atom. The molecule has 0 bridgehead atoms. The van der Waals surface area contributed by atoms with Gasteiger partial charge < -0.3 is 15.1 Å². The Bertz CT molecular complexity index is 1330. The molecule has 0 aromatic heterocycles. The molecule has 1 heterocycles. The zero-order chi connectivity index (χ0) is 30.3. The first-order valence-electron chi connectivity index (χ1n) is 17.4. The Balaban J connectivity index is 1.19. The van der Waals surface area contributed by atoms with Crippen LogP contribution in [0.3, 0.4) is 0 Å². The number of nitrogens with one attached hydrogen (secondary N) is 1. The van der Waals surface area contributed by atoms with Gasteiger partial charge in [-0.2, -0.15) is 0 Å². The van der Waals surface area contributed by atoms with E-state index in [4.69, 9.17) is 4.84 Å². The fourth-order valence-corrected chi connectivity index (χ4v) is 6.58. The van der Waals surface area contributed by atoms with Gasteiger partial charge in [-0.3, -0.25) is 4.79 Å². The molecule has 2 aliphatic rings. The molecule has 0 fully saturated rings.